The lowest BCUT2D eigenvalue weighted by Crippen LogP contribution is -2.12. The van der Waals surface area contributed by atoms with Crippen LogP contribution in [0.4, 0.5) is 5.69 Å². The van der Waals surface area contributed by atoms with Gasteiger partial charge in [0.2, 0.25) is 17.6 Å². The molecule has 3 rings (SSSR count). The molecule has 0 saturated carbocycles. The number of benzene rings is 1. The van der Waals surface area contributed by atoms with Gasteiger partial charge in [-0.15, -0.1) is 11.3 Å². The van der Waals surface area contributed by atoms with Gasteiger partial charge in [-0.2, -0.15) is 4.98 Å². The van der Waals surface area contributed by atoms with Crippen LogP contribution in [0.1, 0.15) is 29.2 Å². The van der Waals surface area contributed by atoms with Crippen molar-refractivity contribution in [3.63, 3.8) is 0 Å². The number of hydrogen-bond donors (Lipinski definition) is 2. The number of anilines is 1. The number of carbonyl (C=O) groups excluding carboxylic acids is 1. The number of nitrogens with two attached hydrogens (primary N) is 1. The maximum atomic E-state index is 11.2. The number of amides is 1. The predicted molar refractivity (Wildman–Crippen MR) is 84.6 cm³/mol. The van der Waals surface area contributed by atoms with Crippen LogP contribution in [0.2, 0.25) is 0 Å². The molecular formula is C15H14N4O2S. The van der Waals surface area contributed by atoms with Gasteiger partial charge in [-0.25, -0.2) is 0 Å². The standard InChI is InChI=1S/C15H14N4O2S/c1-9(17-11-5-2-4-10(8-11)13(16)20)15-18-14(19-21-15)12-6-3-7-22-12/h2-9,17H,1H3,(H2,16,20). The number of thiophene rings is 1. The Labute approximate surface area is 131 Å². The zero-order valence-electron chi connectivity index (χ0n) is 11.8. The molecule has 0 aliphatic heterocycles. The van der Waals surface area contributed by atoms with Crippen LogP contribution in [0.15, 0.2) is 46.3 Å². The molecule has 6 nitrogen and oxygen atoms in total. The van der Waals surface area contributed by atoms with Crippen LogP contribution in [0.3, 0.4) is 0 Å². The molecule has 2 aromatic heterocycles. The monoisotopic (exact) mass is 314 g/mol. The SMILES string of the molecule is CC(Nc1cccc(C(N)=O)c1)c1nc(-c2cccs2)no1. The third kappa shape index (κ3) is 2.99. The van der Waals surface area contributed by atoms with E-state index in [9.17, 15) is 4.79 Å². The molecule has 1 atom stereocenters. The maximum Gasteiger partial charge on any atom is 0.249 e. The molecule has 0 radical (unpaired) electrons. The van der Waals surface area contributed by atoms with E-state index < -0.39 is 5.91 Å². The van der Waals surface area contributed by atoms with Gasteiger partial charge in [-0.1, -0.05) is 17.3 Å². The Morgan fingerprint density at radius 3 is 2.95 bits per heavy atom. The number of nitrogens with zero attached hydrogens (tertiary/aromatic N) is 2. The summed E-state index contributed by atoms with van der Waals surface area (Å²) in [5.74, 6) is 0.589. The van der Waals surface area contributed by atoms with Gasteiger partial charge in [-0.3, -0.25) is 4.79 Å². The highest BCUT2D eigenvalue weighted by Gasteiger charge is 2.16. The third-order valence-electron chi connectivity index (χ3n) is 3.08. The predicted octanol–water partition coefficient (Wildman–Crippen LogP) is 3.07. The summed E-state index contributed by atoms with van der Waals surface area (Å²) in [6, 6.07) is 10.7. The van der Waals surface area contributed by atoms with Crippen LogP contribution >= 0.6 is 11.3 Å². The van der Waals surface area contributed by atoms with Crippen LogP contribution in [0, 0.1) is 0 Å². The number of nitrogens with one attached hydrogen (secondary N) is 1. The first-order valence-corrected chi connectivity index (χ1v) is 7.55. The van der Waals surface area contributed by atoms with Gasteiger partial charge in [0, 0.05) is 11.3 Å². The Morgan fingerprint density at radius 1 is 1.36 bits per heavy atom. The first kappa shape index (κ1) is 14.3. The van der Waals surface area contributed by atoms with Gasteiger partial charge in [-0.05, 0) is 36.6 Å². The molecule has 3 aromatic rings. The van der Waals surface area contributed by atoms with Gasteiger partial charge < -0.3 is 15.6 Å². The van der Waals surface area contributed by atoms with E-state index in [4.69, 9.17) is 10.3 Å². The van der Waals surface area contributed by atoms with Crippen molar-refractivity contribution in [1.29, 1.82) is 0 Å². The van der Waals surface area contributed by atoms with Crippen molar-refractivity contribution < 1.29 is 9.32 Å². The summed E-state index contributed by atoms with van der Waals surface area (Å²) in [5.41, 5.74) is 6.49. The minimum Gasteiger partial charge on any atom is -0.374 e. The molecule has 1 aromatic carbocycles. The molecule has 3 N–H and O–H groups in total. The minimum absolute atomic E-state index is 0.190. The number of aromatic nitrogens is 2. The summed E-state index contributed by atoms with van der Waals surface area (Å²) in [6.07, 6.45) is 0. The minimum atomic E-state index is -0.464. The highest BCUT2D eigenvalue weighted by Crippen LogP contribution is 2.24. The average molecular weight is 314 g/mol. The van der Waals surface area contributed by atoms with Crippen LogP contribution in [0.5, 0.6) is 0 Å². The largest absolute Gasteiger partial charge is 0.374 e. The fourth-order valence-electron chi connectivity index (χ4n) is 1.99. The van der Waals surface area contributed by atoms with E-state index >= 15 is 0 Å². The molecule has 0 fully saturated rings. The highest BCUT2D eigenvalue weighted by molar-refractivity contribution is 7.13. The molecule has 7 heteroatoms. The fourth-order valence-corrected chi connectivity index (χ4v) is 2.64. The Kier molecular flexibility index (Phi) is 3.88. The smallest absolute Gasteiger partial charge is 0.249 e. The lowest BCUT2D eigenvalue weighted by molar-refractivity contribution is 0.100. The van der Waals surface area contributed by atoms with Crippen LogP contribution in [0.25, 0.3) is 10.7 Å². The summed E-state index contributed by atoms with van der Waals surface area (Å²) >= 11 is 1.55. The van der Waals surface area contributed by atoms with Crippen molar-refractivity contribution in [2.24, 2.45) is 5.73 Å². The van der Waals surface area contributed by atoms with Crippen LogP contribution in [-0.4, -0.2) is 16.0 Å². The normalized spacial score (nSPS) is 12.0. The fraction of sp³-hybridized carbons (Fsp3) is 0.133. The van der Waals surface area contributed by atoms with E-state index in [2.05, 4.69) is 15.5 Å². The van der Waals surface area contributed by atoms with Crippen molar-refractivity contribution in [3.05, 3.63) is 53.2 Å². The molecule has 22 heavy (non-hydrogen) atoms. The van der Waals surface area contributed by atoms with Gasteiger partial charge >= 0.3 is 0 Å². The zero-order valence-corrected chi connectivity index (χ0v) is 12.6. The van der Waals surface area contributed by atoms with E-state index in [1.807, 2.05) is 30.5 Å². The topological polar surface area (TPSA) is 94.0 Å². The molecule has 1 unspecified atom stereocenters. The van der Waals surface area contributed by atoms with Gasteiger partial charge in [0.15, 0.2) is 0 Å². The Hall–Kier alpha value is -2.67. The summed E-state index contributed by atoms with van der Waals surface area (Å²) in [6.45, 7) is 1.91. The number of primary amides is 1. The van der Waals surface area contributed by atoms with Crippen molar-refractivity contribution in [2.45, 2.75) is 13.0 Å². The maximum absolute atomic E-state index is 11.2. The summed E-state index contributed by atoms with van der Waals surface area (Å²) in [5, 5.41) is 9.15. The van der Waals surface area contributed by atoms with Crippen molar-refractivity contribution in [2.75, 3.05) is 5.32 Å². The van der Waals surface area contributed by atoms with Crippen LogP contribution in [-0.2, 0) is 0 Å². The third-order valence-corrected chi connectivity index (χ3v) is 3.95. The van der Waals surface area contributed by atoms with Crippen molar-refractivity contribution >= 4 is 22.9 Å². The van der Waals surface area contributed by atoms with E-state index in [-0.39, 0.29) is 6.04 Å². The Bertz CT molecular complexity index is 782. The second-order valence-corrected chi connectivity index (χ2v) is 5.69. The molecule has 0 bridgehead atoms. The summed E-state index contributed by atoms with van der Waals surface area (Å²) in [4.78, 5) is 16.5. The van der Waals surface area contributed by atoms with E-state index in [1.165, 1.54) is 0 Å². The second kappa shape index (κ2) is 5.98. The Morgan fingerprint density at radius 2 is 2.23 bits per heavy atom. The van der Waals surface area contributed by atoms with Crippen molar-refractivity contribution in [3.8, 4) is 10.7 Å². The quantitative estimate of drug-likeness (QED) is 0.754. The number of carbonyl (C=O) groups is 1. The van der Waals surface area contributed by atoms with Gasteiger partial charge in [0.1, 0.15) is 6.04 Å². The van der Waals surface area contributed by atoms with E-state index in [0.717, 1.165) is 10.6 Å². The molecule has 1 amide bonds. The molecule has 2 heterocycles. The highest BCUT2D eigenvalue weighted by atomic mass is 32.1. The lowest BCUT2D eigenvalue weighted by Gasteiger charge is -2.11. The summed E-state index contributed by atoms with van der Waals surface area (Å²) in [7, 11) is 0. The van der Waals surface area contributed by atoms with E-state index in [0.29, 0.717) is 17.3 Å². The second-order valence-electron chi connectivity index (χ2n) is 4.74. The molecule has 0 spiro atoms. The molecule has 0 saturated heterocycles. The molecule has 0 aliphatic rings. The molecule has 0 aliphatic carbocycles. The molecule has 112 valence electrons. The first-order valence-electron chi connectivity index (χ1n) is 6.67. The molecular weight excluding hydrogens is 300 g/mol. The van der Waals surface area contributed by atoms with Crippen LogP contribution < -0.4 is 11.1 Å². The first-order chi connectivity index (χ1) is 10.6. The number of hydrogen-bond acceptors (Lipinski definition) is 6. The summed E-state index contributed by atoms with van der Waals surface area (Å²) < 4.78 is 5.29. The van der Waals surface area contributed by atoms with Crippen molar-refractivity contribution in [1.82, 2.24) is 10.1 Å². The average Bonchev–Trinajstić information content (AvgIpc) is 3.18. The lowest BCUT2D eigenvalue weighted by atomic mass is 10.2. The number of rotatable bonds is 5. The Balaban J connectivity index is 1.76. The zero-order chi connectivity index (χ0) is 15.5. The van der Waals surface area contributed by atoms with Gasteiger partial charge in [0.25, 0.3) is 0 Å². The van der Waals surface area contributed by atoms with Gasteiger partial charge in [0.05, 0.1) is 4.88 Å². The van der Waals surface area contributed by atoms with E-state index in [1.54, 1.807) is 29.5 Å².